The van der Waals surface area contributed by atoms with Crippen LogP contribution in [0.5, 0.6) is 0 Å². The summed E-state index contributed by atoms with van der Waals surface area (Å²) in [5.74, 6) is 0.994. The van der Waals surface area contributed by atoms with Gasteiger partial charge in [-0.05, 0) is 38.3 Å². The molecule has 138 valence electrons. The first-order valence-electron chi connectivity index (χ1n) is 9.23. The zero-order valence-electron chi connectivity index (χ0n) is 15.3. The van der Waals surface area contributed by atoms with Gasteiger partial charge in [0.05, 0.1) is 6.54 Å². The maximum atomic E-state index is 11.9. The van der Waals surface area contributed by atoms with Gasteiger partial charge in [-0.2, -0.15) is 0 Å². The SMILES string of the molecule is CCNC(=NCC1CC(=O)Nc2ccccc21)NCCCCOCC. The predicted molar refractivity (Wildman–Crippen MR) is 102 cm³/mol. The number of aliphatic imine (C=N–C) groups is 1. The predicted octanol–water partition coefficient (Wildman–Crippen LogP) is 2.48. The third kappa shape index (κ3) is 6.38. The summed E-state index contributed by atoms with van der Waals surface area (Å²) in [4.78, 5) is 16.6. The van der Waals surface area contributed by atoms with Crippen LogP contribution in [0.2, 0.25) is 0 Å². The number of fused-ring (bicyclic) bond motifs is 1. The van der Waals surface area contributed by atoms with Gasteiger partial charge in [0, 0.05) is 44.3 Å². The van der Waals surface area contributed by atoms with Crippen LogP contribution in [0.1, 0.15) is 44.6 Å². The van der Waals surface area contributed by atoms with E-state index >= 15 is 0 Å². The number of amides is 1. The van der Waals surface area contributed by atoms with E-state index in [0.717, 1.165) is 50.8 Å². The molecule has 1 heterocycles. The Morgan fingerprint density at radius 1 is 1.28 bits per heavy atom. The summed E-state index contributed by atoms with van der Waals surface area (Å²) >= 11 is 0. The Hall–Kier alpha value is -2.08. The van der Waals surface area contributed by atoms with E-state index in [9.17, 15) is 4.79 Å². The fraction of sp³-hybridized carbons (Fsp3) is 0.579. The standard InChI is InChI=1S/C19H30N4O2/c1-3-20-19(21-11-7-8-12-25-4-2)22-14-15-13-18(24)23-17-10-6-5-9-16(15)17/h5-6,9-10,15H,3-4,7-8,11-14H2,1-2H3,(H,23,24)(H2,20,21,22). The zero-order valence-corrected chi connectivity index (χ0v) is 15.3. The maximum absolute atomic E-state index is 11.9. The van der Waals surface area contributed by atoms with Gasteiger partial charge in [-0.3, -0.25) is 9.79 Å². The van der Waals surface area contributed by atoms with E-state index in [2.05, 4.69) is 33.9 Å². The number of carbonyl (C=O) groups excluding carboxylic acids is 1. The maximum Gasteiger partial charge on any atom is 0.225 e. The quantitative estimate of drug-likeness (QED) is 0.365. The van der Waals surface area contributed by atoms with E-state index < -0.39 is 0 Å². The second-order valence-corrected chi connectivity index (χ2v) is 6.09. The highest BCUT2D eigenvalue weighted by molar-refractivity contribution is 5.94. The van der Waals surface area contributed by atoms with Gasteiger partial charge in [-0.15, -0.1) is 0 Å². The minimum absolute atomic E-state index is 0.0628. The number of benzene rings is 1. The first-order valence-corrected chi connectivity index (χ1v) is 9.23. The lowest BCUT2D eigenvalue weighted by atomic mass is 9.91. The summed E-state index contributed by atoms with van der Waals surface area (Å²) in [7, 11) is 0. The molecule has 0 bridgehead atoms. The molecule has 1 amide bonds. The topological polar surface area (TPSA) is 74.8 Å². The number of anilines is 1. The monoisotopic (exact) mass is 346 g/mol. The van der Waals surface area contributed by atoms with Gasteiger partial charge >= 0.3 is 0 Å². The third-order valence-electron chi connectivity index (χ3n) is 4.13. The molecule has 6 heteroatoms. The summed E-state index contributed by atoms with van der Waals surface area (Å²) in [5.41, 5.74) is 2.08. The number of nitrogens with zero attached hydrogens (tertiary/aromatic N) is 1. The molecule has 1 aromatic rings. The Morgan fingerprint density at radius 3 is 2.92 bits per heavy atom. The van der Waals surface area contributed by atoms with Gasteiger partial charge in [0.1, 0.15) is 0 Å². The lowest BCUT2D eigenvalue weighted by molar-refractivity contribution is -0.116. The van der Waals surface area contributed by atoms with Gasteiger partial charge in [0.2, 0.25) is 5.91 Å². The van der Waals surface area contributed by atoms with Crippen molar-refractivity contribution in [1.29, 1.82) is 0 Å². The summed E-state index contributed by atoms with van der Waals surface area (Å²) in [5, 5.41) is 9.55. The molecule has 3 N–H and O–H groups in total. The van der Waals surface area contributed by atoms with Crippen LogP contribution in [0.3, 0.4) is 0 Å². The average molecular weight is 346 g/mol. The number of carbonyl (C=O) groups is 1. The molecular formula is C19H30N4O2. The Bertz CT molecular complexity index is 574. The van der Waals surface area contributed by atoms with E-state index in [1.807, 2.05) is 25.1 Å². The molecular weight excluding hydrogens is 316 g/mol. The molecule has 2 rings (SSSR count). The summed E-state index contributed by atoms with van der Waals surface area (Å²) in [6, 6.07) is 7.97. The highest BCUT2D eigenvalue weighted by Gasteiger charge is 2.24. The first-order chi connectivity index (χ1) is 12.2. The number of hydrogen-bond acceptors (Lipinski definition) is 3. The number of rotatable bonds is 9. The minimum Gasteiger partial charge on any atom is -0.382 e. The van der Waals surface area contributed by atoms with Crippen molar-refractivity contribution >= 4 is 17.6 Å². The molecule has 0 saturated heterocycles. The Kier molecular flexibility index (Phi) is 8.25. The summed E-state index contributed by atoms with van der Waals surface area (Å²) in [6.45, 7) is 7.91. The molecule has 0 aromatic heterocycles. The van der Waals surface area contributed by atoms with Crippen LogP contribution in [0.15, 0.2) is 29.3 Å². The molecule has 0 aliphatic carbocycles. The zero-order chi connectivity index (χ0) is 17.9. The average Bonchev–Trinajstić information content (AvgIpc) is 2.62. The lowest BCUT2D eigenvalue weighted by Gasteiger charge is -2.24. The largest absolute Gasteiger partial charge is 0.382 e. The summed E-state index contributed by atoms with van der Waals surface area (Å²) < 4.78 is 5.35. The molecule has 0 radical (unpaired) electrons. The van der Waals surface area contributed by atoms with Crippen LogP contribution in [0.25, 0.3) is 0 Å². The second-order valence-electron chi connectivity index (χ2n) is 6.09. The van der Waals surface area contributed by atoms with Gasteiger partial charge in [0.25, 0.3) is 0 Å². The van der Waals surface area contributed by atoms with Crippen LogP contribution < -0.4 is 16.0 Å². The second kappa shape index (κ2) is 10.7. The number of para-hydroxylation sites is 1. The Balaban J connectivity index is 1.89. The number of hydrogen-bond donors (Lipinski definition) is 3. The van der Waals surface area contributed by atoms with Gasteiger partial charge in [-0.1, -0.05) is 18.2 Å². The lowest BCUT2D eigenvalue weighted by Crippen LogP contribution is -2.38. The van der Waals surface area contributed by atoms with Crippen LogP contribution in [0, 0.1) is 0 Å². The third-order valence-corrected chi connectivity index (χ3v) is 4.13. The van der Waals surface area contributed by atoms with Crippen molar-refractivity contribution in [3.63, 3.8) is 0 Å². The fourth-order valence-corrected chi connectivity index (χ4v) is 2.89. The number of ether oxygens (including phenoxy) is 1. The van der Waals surface area contributed by atoms with E-state index in [1.54, 1.807) is 0 Å². The first kappa shape index (κ1) is 19.2. The summed E-state index contributed by atoms with van der Waals surface area (Å²) in [6.07, 6.45) is 2.56. The van der Waals surface area contributed by atoms with Crippen molar-refractivity contribution in [1.82, 2.24) is 10.6 Å². The molecule has 1 aromatic carbocycles. The molecule has 0 spiro atoms. The molecule has 1 aliphatic rings. The van der Waals surface area contributed by atoms with Crippen molar-refractivity contribution in [3.05, 3.63) is 29.8 Å². The minimum atomic E-state index is 0.0628. The van der Waals surface area contributed by atoms with Crippen LogP contribution in [0.4, 0.5) is 5.69 Å². The number of guanidine groups is 1. The van der Waals surface area contributed by atoms with Crippen LogP contribution >= 0.6 is 0 Å². The highest BCUT2D eigenvalue weighted by atomic mass is 16.5. The molecule has 1 unspecified atom stereocenters. The van der Waals surface area contributed by atoms with E-state index in [4.69, 9.17) is 4.74 Å². The van der Waals surface area contributed by atoms with Crippen LogP contribution in [-0.2, 0) is 9.53 Å². The number of unbranched alkanes of at least 4 members (excludes halogenated alkanes) is 1. The molecule has 0 fully saturated rings. The van der Waals surface area contributed by atoms with Crippen molar-refractivity contribution in [2.45, 2.75) is 39.0 Å². The van der Waals surface area contributed by atoms with Gasteiger partial charge < -0.3 is 20.7 Å². The number of nitrogens with one attached hydrogen (secondary N) is 3. The smallest absolute Gasteiger partial charge is 0.225 e. The fourth-order valence-electron chi connectivity index (χ4n) is 2.89. The van der Waals surface area contributed by atoms with E-state index in [-0.39, 0.29) is 11.8 Å². The van der Waals surface area contributed by atoms with Crippen molar-refractivity contribution < 1.29 is 9.53 Å². The van der Waals surface area contributed by atoms with Crippen molar-refractivity contribution in [3.8, 4) is 0 Å². The van der Waals surface area contributed by atoms with E-state index in [0.29, 0.717) is 13.0 Å². The highest BCUT2D eigenvalue weighted by Crippen LogP contribution is 2.31. The Labute approximate surface area is 150 Å². The molecule has 1 atom stereocenters. The van der Waals surface area contributed by atoms with Crippen LogP contribution in [-0.4, -0.2) is 44.7 Å². The van der Waals surface area contributed by atoms with E-state index in [1.165, 1.54) is 5.56 Å². The molecule has 1 aliphatic heterocycles. The Morgan fingerprint density at radius 2 is 2.12 bits per heavy atom. The van der Waals surface area contributed by atoms with Crippen molar-refractivity contribution in [2.24, 2.45) is 4.99 Å². The molecule has 0 saturated carbocycles. The van der Waals surface area contributed by atoms with Gasteiger partial charge in [0.15, 0.2) is 5.96 Å². The molecule has 6 nitrogen and oxygen atoms in total. The van der Waals surface area contributed by atoms with Gasteiger partial charge in [-0.25, -0.2) is 0 Å². The normalized spacial score (nSPS) is 17.0. The van der Waals surface area contributed by atoms with Crippen molar-refractivity contribution in [2.75, 3.05) is 38.2 Å². The molecule has 25 heavy (non-hydrogen) atoms.